The highest BCUT2D eigenvalue weighted by Crippen LogP contribution is 2.37. The molecule has 0 spiro atoms. The predicted octanol–water partition coefficient (Wildman–Crippen LogP) is 7.64. The van der Waals surface area contributed by atoms with Gasteiger partial charge in [0, 0.05) is 11.5 Å². The number of rotatable bonds is 17. The first-order valence-electron chi connectivity index (χ1n) is 14.2. The van der Waals surface area contributed by atoms with Crippen molar-refractivity contribution in [2.75, 3.05) is 13.2 Å². The van der Waals surface area contributed by atoms with Crippen LogP contribution in [0.5, 0.6) is 0 Å². The molecule has 0 amide bonds. The molecule has 0 heterocycles. The van der Waals surface area contributed by atoms with Crippen molar-refractivity contribution >= 4 is 14.1 Å². The van der Waals surface area contributed by atoms with Crippen LogP contribution in [0.3, 0.4) is 0 Å². The molecular formula is C33H43N3O5Si. The highest BCUT2D eigenvalue weighted by atomic mass is 28.4. The molecule has 0 unspecified atom stereocenters. The minimum atomic E-state index is -2.21. The maximum absolute atomic E-state index is 13.8. The van der Waals surface area contributed by atoms with Crippen molar-refractivity contribution in [3.63, 3.8) is 0 Å². The highest BCUT2D eigenvalue weighted by Gasteiger charge is 2.41. The molecule has 3 atom stereocenters. The molecule has 0 aliphatic heterocycles. The summed E-state index contributed by atoms with van der Waals surface area (Å²) in [4.78, 5) is 16.9. The van der Waals surface area contributed by atoms with Gasteiger partial charge < -0.3 is 18.6 Å². The van der Waals surface area contributed by atoms with E-state index in [0.29, 0.717) is 0 Å². The van der Waals surface area contributed by atoms with Crippen LogP contribution in [-0.2, 0) is 43.3 Å². The van der Waals surface area contributed by atoms with Gasteiger partial charge in [-0.1, -0.05) is 117 Å². The maximum Gasteiger partial charge on any atom is 0.191 e. The Hall–Kier alpha value is -3.30. The van der Waals surface area contributed by atoms with Crippen molar-refractivity contribution in [1.82, 2.24) is 0 Å². The Kier molecular flexibility index (Phi) is 12.9. The van der Waals surface area contributed by atoms with Crippen molar-refractivity contribution in [3.05, 3.63) is 118 Å². The van der Waals surface area contributed by atoms with Gasteiger partial charge in [-0.25, -0.2) is 0 Å². The fourth-order valence-corrected chi connectivity index (χ4v) is 5.01. The summed E-state index contributed by atoms with van der Waals surface area (Å²) in [6, 6.07) is 28.1. The largest absolute Gasteiger partial charge is 0.416 e. The zero-order valence-electron chi connectivity index (χ0n) is 25.3. The Morgan fingerprint density at radius 2 is 1.29 bits per heavy atom. The number of hydrogen-bond acceptors (Lipinski definition) is 6. The molecule has 3 aromatic rings. The Bertz CT molecular complexity index is 1260. The van der Waals surface area contributed by atoms with Gasteiger partial charge in [0.1, 0.15) is 18.8 Å². The topological polar surface area (TPSA) is 103 Å². The number of nitrogens with zero attached hydrogens (tertiary/aromatic N) is 3. The minimum Gasteiger partial charge on any atom is -0.416 e. The SMILES string of the molecule is CC(C)(C)[Si](C)(C)OC[C@@H](N=[N+]=[N-])[C@H](OCc1ccccc1)[C@H](OCc1ccccc1)C(=O)COCc1ccccc1. The molecule has 3 rings (SSSR count). The number of azide groups is 1. The van der Waals surface area contributed by atoms with E-state index < -0.39 is 26.6 Å². The lowest BCUT2D eigenvalue weighted by atomic mass is 10.0. The number of carbonyl (C=O) groups is 1. The van der Waals surface area contributed by atoms with E-state index in [9.17, 15) is 10.3 Å². The third-order valence-electron chi connectivity index (χ3n) is 7.53. The third-order valence-corrected chi connectivity index (χ3v) is 12.0. The summed E-state index contributed by atoms with van der Waals surface area (Å²) < 4.78 is 25.0. The lowest BCUT2D eigenvalue weighted by Crippen LogP contribution is -2.50. The average molecular weight is 590 g/mol. The molecule has 9 heteroatoms. The summed E-state index contributed by atoms with van der Waals surface area (Å²) in [6.07, 6.45) is -1.98. The monoisotopic (exact) mass is 589 g/mol. The van der Waals surface area contributed by atoms with Crippen molar-refractivity contribution in [3.8, 4) is 0 Å². The van der Waals surface area contributed by atoms with Crippen molar-refractivity contribution in [2.24, 2.45) is 5.11 Å². The van der Waals surface area contributed by atoms with E-state index in [2.05, 4.69) is 43.9 Å². The molecule has 42 heavy (non-hydrogen) atoms. The lowest BCUT2D eigenvalue weighted by Gasteiger charge is -2.38. The van der Waals surface area contributed by atoms with Crippen LogP contribution < -0.4 is 0 Å². The van der Waals surface area contributed by atoms with Gasteiger partial charge in [-0.2, -0.15) is 0 Å². The zero-order valence-corrected chi connectivity index (χ0v) is 26.3. The van der Waals surface area contributed by atoms with Crippen LogP contribution in [0, 0.1) is 0 Å². The number of Topliss-reactive ketones (excluding diaryl/α,β-unsaturated/α-hetero) is 1. The van der Waals surface area contributed by atoms with Crippen LogP contribution in [0.15, 0.2) is 96.1 Å². The zero-order chi connectivity index (χ0) is 30.4. The summed E-state index contributed by atoms with van der Waals surface area (Å²) in [6.45, 7) is 11.3. The lowest BCUT2D eigenvalue weighted by molar-refractivity contribution is -0.153. The Morgan fingerprint density at radius 3 is 1.76 bits per heavy atom. The molecule has 0 aliphatic carbocycles. The summed E-state index contributed by atoms with van der Waals surface area (Å²) in [5.41, 5.74) is 12.3. The van der Waals surface area contributed by atoms with Crippen molar-refractivity contribution < 1.29 is 23.4 Å². The van der Waals surface area contributed by atoms with Crippen LogP contribution in [0.4, 0.5) is 0 Å². The van der Waals surface area contributed by atoms with Gasteiger partial charge in [0.2, 0.25) is 0 Å². The Labute approximate surface area is 250 Å². The molecule has 224 valence electrons. The number of benzene rings is 3. The first-order valence-corrected chi connectivity index (χ1v) is 17.1. The summed E-state index contributed by atoms with van der Waals surface area (Å²) in [5.74, 6) is -0.301. The van der Waals surface area contributed by atoms with E-state index in [1.54, 1.807) is 0 Å². The molecule has 0 saturated heterocycles. The van der Waals surface area contributed by atoms with Gasteiger partial charge in [-0.15, -0.1) is 0 Å². The molecule has 0 N–H and O–H groups in total. The average Bonchev–Trinajstić information content (AvgIpc) is 2.98. The fraction of sp³-hybridized carbons (Fsp3) is 0.424. The number of hydrogen-bond donors (Lipinski definition) is 0. The van der Waals surface area contributed by atoms with Crippen molar-refractivity contribution in [1.29, 1.82) is 0 Å². The molecule has 0 bridgehead atoms. The van der Waals surface area contributed by atoms with E-state index in [4.69, 9.17) is 18.6 Å². The second-order valence-corrected chi connectivity index (χ2v) is 16.6. The standard InChI is InChI=1S/C33H43N3O5Si/c1-33(2,3)42(4,5)41-24-29(35-36-34)31(39-22-27-17-11-7-12-18-27)32(40-23-28-19-13-8-14-20-28)30(37)25-38-21-26-15-9-6-10-16-26/h6-20,29,31-32H,21-25H2,1-5H3/t29-,31+,32-/m1/s1. The van der Waals surface area contributed by atoms with Crippen LogP contribution in [0.2, 0.25) is 18.1 Å². The van der Waals surface area contributed by atoms with E-state index in [-0.39, 0.29) is 43.9 Å². The molecule has 8 nitrogen and oxygen atoms in total. The molecule has 0 aromatic heterocycles. The van der Waals surface area contributed by atoms with Crippen molar-refractivity contribution in [2.45, 2.75) is 77.0 Å². The van der Waals surface area contributed by atoms with Crippen LogP contribution in [0.25, 0.3) is 10.4 Å². The maximum atomic E-state index is 13.8. The summed E-state index contributed by atoms with van der Waals surface area (Å²) in [5, 5.41) is 4.03. The first kappa shape index (κ1) is 33.2. The highest BCUT2D eigenvalue weighted by molar-refractivity contribution is 6.74. The van der Waals surface area contributed by atoms with E-state index in [0.717, 1.165) is 16.7 Å². The molecule has 0 fully saturated rings. The number of carbonyl (C=O) groups excluding carboxylic acids is 1. The second kappa shape index (κ2) is 16.4. The fourth-order valence-electron chi connectivity index (χ4n) is 3.99. The molecule has 0 aliphatic rings. The Morgan fingerprint density at radius 1 is 0.810 bits per heavy atom. The van der Waals surface area contributed by atoms with Gasteiger partial charge >= 0.3 is 0 Å². The van der Waals surface area contributed by atoms with Crippen LogP contribution >= 0.6 is 0 Å². The molecule has 3 aromatic carbocycles. The predicted molar refractivity (Wildman–Crippen MR) is 167 cm³/mol. The van der Waals surface area contributed by atoms with E-state index in [1.807, 2.05) is 91.0 Å². The Balaban J connectivity index is 1.89. The van der Waals surface area contributed by atoms with Crippen LogP contribution in [0.1, 0.15) is 37.5 Å². The van der Waals surface area contributed by atoms with Gasteiger partial charge in [0.25, 0.3) is 0 Å². The van der Waals surface area contributed by atoms with Gasteiger partial charge in [0.15, 0.2) is 14.1 Å². The normalized spacial score (nSPS) is 14.0. The summed E-state index contributed by atoms with van der Waals surface area (Å²) >= 11 is 0. The molecular weight excluding hydrogens is 546 g/mol. The van der Waals surface area contributed by atoms with Crippen LogP contribution in [-0.4, -0.2) is 45.6 Å². The third kappa shape index (κ3) is 10.5. The number of ether oxygens (including phenoxy) is 3. The molecule has 0 saturated carbocycles. The van der Waals surface area contributed by atoms with Gasteiger partial charge in [0.05, 0.1) is 25.9 Å². The minimum absolute atomic E-state index is 0.0569. The van der Waals surface area contributed by atoms with E-state index in [1.165, 1.54) is 0 Å². The quantitative estimate of drug-likeness (QED) is 0.0696. The number of ketones is 1. The van der Waals surface area contributed by atoms with Gasteiger partial charge in [-0.3, -0.25) is 4.79 Å². The summed E-state index contributed by atoms with van der Waals surface area (Å²) in [7, 11) is -2.21. The van der Waals surface area contributed by atoms with E-state index >= 15 is 0 Å². The smallest absolute Gasteiger partial charge is 0.191 e. The second-order valence-electron chi connectivity index (χ2n) is 11.8. The molecule has 0 radical (unpaired) electrons. The van der Waals surface area contributed by atoms with Gasteiger partial charge in [-0.05, 0) is 40.4 Å². The first-order chi connectivity index (χ1) is 20.1.